The van der Waals surface area contributed by atoms with Gasteiger partial charge in [0.15, 0.2) is 0 Å². The topological polar surface area (TPSA) is 85.2 Å². The lowest BCUT2D eigenvalue weighted by Crippen LogP contribution is -2.37. The Morgan fingerprint density at radius 2 is 1.97 bits per heavy atom. The Balaban J connectivity index is 1.50. The molecule has 1 aliphatic heterocycles. The van der Waals surface area contributed by atoms with Gasteiger partial charge in [-0.05, 0) is 43.2 Å². The van der Waals surface area contributed by atoms with Gasteiger partial charge in [0.25, 0.3) is 0 Å². The van der Waals surface area contributed by atoms with E-state index in [-0.39, 0.29) is 23.8 Å². The molecule has 1 amide bonds. The second kappa shape index (κ2) is 8.10. The van der Waals surface area contributed by atoms with Crippen LogP contribution in [0.1, 0.15) is 32.4 Å². The van der Waals surface area contributed by atoms with Crippen LogP contribution >= 0.6 is 0 Å². The fourth-order valence-electron chi connectivity index (χ4n) is 3.32. The molecule has 1 aromatic carbocycles. The molecule has 0 bridgehead atoms. The molecule has 3 aromatic rings. The Kier molecular flexibility index (Phi) is 5.35. The van der Waals surface area contributed by atoms with E-state index < -0.39 is 6.09 Å². The number of carbonyl (C=O) groups excluding carboxylic acids is 1. The summed E-state index contributed by atoms with van der Waals surface area (Å²) in [7, 11) is 0. The number of amides is 1. The Hall–Kier alpha value is -3.49. The van der Waals surface area contributed by atoms with Gasteiger partial charge in [-0.3, -0.25) is 4.90 Å². The highest BCUT2D eigenvalue weighted by atomic mass is 19.1. The van der Waals surface area contributed by atoms with Crippen molar-refractivity contribution in [3.63, 3.8) is 0 Å². The van der Waals surface area contributed by atoms with Crippen LogP contribution in [0, 0.1) is 11.7 Å². The third kappa shape index (κ3) is 3.96. The first-order valence-corrected chi connectivity index (χ1v) is 9.78. The van der Waals surface area contributed by atoms with Gasteiger partial charge in [0.05, 0.1) is 24.0 Å². The molecule has 4 rings (SSSR count). The summed E-state index contributed by atoms with van der Waals surface area (Å²) in [6.45, 7) is 6.40. The largest absolute Gasteiger partial charge is 0.447 e. The molecule has 9 heteroatoms. The molecule has 1 fully saturated rings. The average molecular weight is 410 g/mol. The van der Waals surface area contributed by atoms with Crippen molar-refractivity contribution in [2.24, 2.45) is 5.92 Å². The van der Waals surface area contributed by atoms with Crippen molar-refractivity contribution in [1.29, 1.82) is 0 Å². The molecule has 0 aliphatic carbocycles. The van der Waals surface area contributed by atoms with Gasteiger partial charge in [-0.1, -0.05) is 13.8 Å². The first-order chi connectivity index (χ1) is 14.4. The number of carbonyl (C=O) groups is 1. The first kappa shape index (κ1) is 19.8. The highest BCUT2D eigenvalue weighted by Crippen LogP contribution is 2.26. The Labute approximate surface area is 173 Å². The first-order valence-electron chi connectivity index (χ1n) is 9.78. The molecule has 0 spiro atoms. The number of anilines is 2. The molecule has 3 heterocycles. The SMILES string of the molecule is CC(C)[C@H]1COC(=O)N1c1ccnc(N[C@@H](C)c2cnn(-c3ccc(F)cc3)c2)n1. The van der Waals surface area contributed by atoms with Crippen LogP contribution in [0.25, 0.3) is 5.69 Å². The fourth-order valence-corrected chi connectivity index (χ4v) is 3.32. The third-order valence-corrected chi connectivity index (χ3v) is 5.10. The van der Waals surface area contributed by atoms with E-state index in [1.165, 1.54) is 12.1 Å². The molecule has 0 unspecified atom stereocenters. The second-order valence-electron chi connectivity index (χ2n) is 7.56. The van der Waals surface area contributed by atoms with Crippen molar-refractivity contribution in [2.75, 3.05) is 16.8 Å². The monoisotopic (exact) mass is 410 g/mol. The van der Waals surface area contributed by atoms with Crippen LogP contribution in [0.5, 0.6) is 0 Å². The standard InChI is InChI=1S/C21H23FN6O2/c1-13(2)18-12-30-21(29)28(18)19-8-9-23-20(26-19)25-14(3)15-10-24-27(11-15)17-6-4-16(22)5-7-17/h4-11,13-14,18H,12H2,1-3H3,(H,23,25,26)/t14-,18+/m0/s1. The lowest BCUT2D eigenvalue weighted by molar-refractivity contribution is 0.177. The zero-order valence-corrected chi connectivity index (χ0v) is 17.0. The van der Waals surface area contributed by atoms with Gasteiger partial charge in [0.2, 0.25) is 5.95 Å². The number of rotatable bonds is 6. The molecular weight excluding hydrogens is 387 g/mol. The van der Waals surface area contributed by atoms with Gasteiger partial charge in [-0.2, -0.15) is 10.1 Å². The minimum absolute atomic E-state index is 0.0633. The maximum Gasteiger partial charge on any atom is 0.415 e. The second-order valence-corrected chi connectivity index (χ2v) is 7.56. The van der Waals surface area contributed by atoms with E-state index >= 15 is 0 Å². The number of aromatic nitrogens is 4. The molecule has 2 aromatic heterocycles. The highest BCUT2D eigenvalue weighted by molar-refractivity contribution is 5.89. The third-order valence-electron chi connectivity index (χ3n) is 5.10. The van der Waals surface area contributed by atoms with Crippen LogP contribution in [-0.4, -0.2) is 38.5 Å². The number of ether oxygens (including phenoxy) is 1. The van der Waals surface area contributed by atoms with Crippen molar-refractivity contribution < 1.29 is 13.9 Å². The molecule has 2 atom stereocenters. The summed E-state index contributed by atoms with van der Waals surface area (Å²) in [6, 6.07) is 7.61. The van der Waals surface area contributed by atoms with Crippen molar-refractivity contribution in [1.82, 2.24) is 19.7 Å². The summed E-state index contributed by atoms with van der Waals surface area (Å²) < 4.78 is 20.0. The van der Waals surface area contributed by atoms with E-state index in [0.717, 1.165) is 11.3 Å². The highest BCUT2D eigenvalue weighted by Gasteiger charge is 2.37. The molecule has 1 aliphatic rings. The summed E-state index contributed by atoms with van der Waals surface area (Å²) in [5.41, 5.74) is 1.68. The van der Waals surface area contributed by atoms with Crippen LogP contribution in [0.2, 0.25) is 0 Å². The van der Waals surface area contributed by atoms with Crippen molar-refractivity contribution >= 4 is 17.9 Å². The van der Waals surface area contributed by atoms with Crippen molar-refractivity contribution in [3.05, 3.63) is 60.3 Å². The van der Waals surface area contributed by atoms with Gasteiger partial charge >= 0.3 is 6.09 Å². The van der Waals surface area contributed by atoms with E-state index in [2.05, 4.69) is 20.4 Å². The maximum absolute atomic E-state index is 13.1. The lowest BCUT2D eigenvalue weighted by Gasteiger charge is -2.23. The van der Waals surface area contributed by atoms with Crippen LogP contribution in [-0.2, 0) is 4.74 Å². The number of nitrogens with one attached hydrogen (secondary N) is 1. The minimum Gasteiger partial charge on any atom is -0.447 e. The summed E-state index contributed by atoms with van der Waals surface area (Å²) in [5, 5.41) is 7.58. The van der Waals surface area contributed by atoms with E-state index in [9.17, 15) is 9.18 Å². The zero-order chi connectivity index (χ0) is 21.3. The number of nitrogens with zero attached hydrogens (tertiary/aromatic N) is 5. The van der Waals surface area contributed by atoms with Gasteiger partial charge in [0.1, 0.15) is 18.2 Å². The number of hydrogen-bond acceptors (Lipinski definition) is 6. The van der Waals surface area contributed by atoms with Gasteiger partial charge in [0, 0.05) is 18.0 Å². The summed E-state index contributed by atoms with van der Waals surface area (Å²) in [6.07, 6.45) is 4.81. The molecule has 1 saturated heterocycles. The molecule has 0 saturated carbocycles. The fraction of sp³-hybridized carbons (Fsp3) is 0.333. The lowest BCUT2D eigenvalue weighted by atomic mass is 10.0. The molecule has 1 N–H and O–H groups in total. The summed E-state index contributed by atoms with van der Waals surface area (Å²) in [5.74, 6) is 0.846. The number of hydrogen-bond donors (Lipinski definition) is 1. The Morgan fingerprint density at radius 1 is 1.20 bits per heavy atom. The maximum atomic E-state index is 13.1. The molecular formula is C21H23FN6O2. The predicted octanol–water partition coefficient (Wildman–Crippen LogP) is 3.96. The molecule has 0 radical (unpaired) electrons. The van der Waals surface area contributed by atoms with E-state index in [1.54, 1.807) is 40.2 Å². The van der Waals surface area contributed by atoms with Crippen molar-refractivity contribution in [3.8, 4) is 5.69 Å². The van der Waals surface area contributed by atoms with Crippen LogP contribution in [0.15, 0.2) is 48.9 Å². The van der Waals surface area contributed by atoms with E-state index in [1.807, 2.05) is 27.0 Å². The van der Waals surface area contributed by atoms with Crippen LogP contribution in [0.4, 0.5) is 21.0 Å². The van der Waals surface area contributed by atoms with Gasteiger partial charge in [-0.15, -0.1) is 0 Å². The number of cyclic esters (lactones) is 1. The van der Waals surface area contributed by atoms with Crippen molar-refractivity contribution in [2.45, 2.75) is 32.9 Å². The predicted molar refractivity (Wildman–Crippen MR) is 110 cm³/mol. The molecule has 30 heavy (non-hydrogen) atoms. The minimum atomic E-state index is -0.396. The van der Waals surface area contributed by atoms with Gasteiger partial charge < -0.3 is 10.1 Å². The molecule has 156 valence electrons. The van der Waals surface area contributed by atoms with E-state index in [0.29, 0.717) is 18.4 Å². The zero-order valence-electron chi connectivity index (χ0n) is 17.0. The molecule has 8 nitrogen and oxygen atoms in total. The summed E-state index contributed by atoms with van der Waals surface area (Å²) >= 11 is 0. The quantitative estimate of drug-likeness (QED) is 0.662. The van der Waals surface area contributed by atoms with Gasteiger partial charge in [-0.25, -0.2) is 18.9 Å². The number of benzene rings is 1. The normalized spacial score (nSPS) is 17.3. The summed E-state index contributed by atoms with van der Waals surface area (Å²) in [4.78, 5) is 22.6. The Morgan fingerprint density at radius 3 is 2.70 bits per heavy atom. The Bertz CT molecular complexity index is 1040. The average Bonchev–Trinajstić information content (AvgIpc) is 3.36. The smallest absolute Gasteiger partial charge is 0.415 e. The van der Waals surface area contributed by atoms with E-state index in [4.69, 9.17) is 4.74 Å². The van der Waals surface area contributed by atoms with Crippen LogP contribution < -0.4 is 10.2 Å². The number of halogens is 1. The van der Waals surface area contributed by atoms with Crippen LogP contribution in [0.3, 0.4) is 0 Å².